The third-order valence-corrected chi connectivity index (χ3v) is 2.15. The number of allylic oxidation sites excluding steroid dienone is 1. The number of benzene rings is 1. The summed E-state index contributed by atoms with van der Waals surface area (Å²) in [7, 11) is 0. The van der Waals surface area contributed by atoms with Crippen LogP contribution in [0.25, 0.3) is 6.08 Å². The highest BCUT2D eigenvalue weighted by molar-refractivity contribution is 6.21. The normalized spacial score (nSPS) is 9.53. The maximum atomic E-state index is 11.2. The van der Waals surface area contributed by atoms with Crippen LogP contribution < -0.4 is 0 Å². The number of carbonyl (C=O) groups is 2. The first-order valence-corrected chi connectivity index (χ1v) is 4.81. The van der Waals surface area contributed by atoms with Crippen LogP contribution in [0, 0.1) is 6.92 Å². The average molecular weight is 202 g/mol. The van der Waals surface area contributed by atoms with Crippen molar-refractivity contribution in [3.63, 3.8) is 0 Å². The Morgan fingerprint density at radius 1 is 1.00 bits per heavy atom. The number of aryl methyl sites for hydroxylation is 1. The molecule has 0 fully saturated rings. The zero-order valence-electron chi connectivity index (χ0n) is 9.20. The van der Waals surface area contributed by atoms with Crippen LogP contribution in [0.15, 0.2) is 29.8 Å². The van der Waals surface area contributed by atoms with Gasteiger partial charge in [0.2, 0.25) is 0 Å². The fourth-order valence-electron chi connectivity index (χ4n) is 1.28. The molecule has 0 aromatic heterocycles. The van der Waals surface area contributed by atoms with Crippen LogP contribution in [0.1, 0.15) is 25.0 Å². The van der Waals surface area contributed by atoms with E-state index in [4.69, 9.17) is 0 Å². The van der Waals surface area contributed by atoms with Gasteiger partial charge in [-0.1, -0.05) is 29.8 Å². The van der Waals surface area contributed by atoms with Gasteiger partial charge in [0.1, 0.15) is 0 Å². The SMILES string of the molecule is CC(=O)C(=Cc1ccc(C)cc1)C(C)=O. The van der Waals surface area contributed by atoms with Crippen molar-refractivity contribution < 1.29 is 9.59 Å². The van der Waals surface area contributed by atoms with Crippen LogP contribution >= 0.6 is 0 Å². The molecule has 0 bridgehead atoms. The molecule has 0 aliphatic heterocycles. The maximum absolute atomic E-state index is 11.2. The third-order valence-electron chi connectivity index (χ3n) is 2.15. The van der Waals surface area contributed by atoms with Crippen LogP contribution in [-0.2, 0) is 9.59 Å². The molecule has 0 amide bonds. The van der Waals surface area contributed by atoms with Crippen molar-refractivity contribution in [3.05, 3.63) is 41.0 Å². The zero-order valence-corrected chi connectivity index (χ0v) is 9.20. The molecule has 0 radical (unpaired) electrons. The molecule has 2 nitrogen and oxygen atoms in total. The minimum absolute atomic E-state index is 0.192. The fraction of sp³-hybridized carbons (Fsp3) is 0.231. The van der Waals surface area contributed by atoms with Gasteiger partial charge in [0, 0.05) is 0 Å². The first-order chi connectivity index (χ1) is 7.00. The monoisotopic (exact) mass is 202 g/mol. The molecule has 0 heterocycles. The number of Topliss-reactive ketones (excluding diaryl/α,β-unsaturated/α-hetero) is 2. The van der Waals surface area contributed by atoms with E-state index in [0.717, 1.165) is 11.1 Å². The number of ketones is 2. The van der Waals surface area contributed by atoms with Crippen LogP contribution in [0.2, 0.25) is 0 Å². The Balaban J connectivity index is 3.08. The summed E-state index contributed by atoms with van der Waals surface area (Å²) in [5.41, 5.74) is 2.28. The summed E-state index contributed by atoms with van der Waals surface area (Å²) < 4.78 is 0. The lowest BCUT2D eigenvalue weighted by Crippen LogP contribution is -2.05. The molecule has 1 aromatic carbocycles. The molecule has 0 saturated carbocycles. The van der Waals surface area contributed by atoms with E-state index in [2.05, 4.69) is 0 Å². The summed E-state index contributed by atoms with van der Waals surface area (Å²) in [6.07, 6.45) is 1.63. The highest BCUT2D eigenvalue weighted by Gasteiger charge is 2.08. The summed E-state index contributed by atoms with van der Waals surface area (Å²) in [6.45, 7) is 4.80. The first kappa shape index (κ1) is 11.4. The number of hydrogen-bond acceptors (Lipinski definition) is 2. The van der Waals surface area contributed by atoms with E-state index >= 15 is 0 Å². The second-order valence-electron chi connectivity index (χ2n) is 3.58. The van der Waals surface area contributed by atoms with Gasteiger partial charge in [0.05, 0.1) is 5.57 Å². The van der Waals surface area contributed by atoms with Gasteiger partial charge in [-0.25, -0.2) is 0 Å². The van der Waals surface area contributed by atoms with Gasteiger partial charge in [-0.2, -0.15) is 0 Å². The number of rotatable bonds is 3. The van der Waals surface area contributed by atoms with Gasteiger partial charge in [0.15, 0.2) is 11.6 Å². The molecular weight excluding hydrogens is 188 g/mol. The lowest BCUT2D eigenvalue weighted by atomic mass is 10.0. The average Bonchev–Trinajstić information content (AvgIpc) is 2.15. The van der Waals surface area contributed by atoms with Crippen molar-refractivity contribution in [2.45, 2.75) is 20.8 Å². The molecule has 0 atom stereocenters. The highest BCUT2D eigenvalue weighted by Crippen LogP contribution is 2.10. The summed E-state index contributed by atoms with van der Waals surface area (Å²) in [4.78, 5) is 22.3. The third kappa shape index (κ3) is 3.17. The van der Waals surface area contributed by atoms with Crippen molar-refractivity contribution in [1.82, 2.24) is 0 Å². The van der Waals surface area contributed by atoms with E-state index in [1.165, 1.54) is 13.8 Å². The predicted molar refractivity (Wildman–Crippen MR) is 60.5 cm³/mol. The van der Waals surface area contributed by atoms with E-state index in [1.54, 1.807) is 6.08 Å². The van der Waals surface area contributed by atoms with Crippen LogP contribution in [0.3, 0.4) is 0 Å². The first-order valence-electron chi connectivity index (χ1n) is 4.81. The molecule has 0 N–H and O–H groups in total. The summed E-state index contributed by atoms with van der Waals surface area (Å²) >= 11 is 0. The highest BCUT2D eigenvalue weighted by atomic mass is 16.1. The van der Waals surface area contributed by atoms with Crippen molar-refractivity contribution in [3.8, 4) is 0 Å². The van der Waals surface area contributed by atoms with E-state index in [-0.39, 0.29) is 17.1 Å². The van der Waals surface area contributed by atoms with Gasteiger partial charge in [0.25, 0.3) is 0 Å². The maximum Gasteiger partial charge on any atom is 0.163 e. The van der Waals surface area contributed by atoms with Crippen LogP contribution in [0.5, 0.6) is 0 Å². The minimum Gasteiger partial charge on any atom is -0.294 e. The molecule has 1 rings (SSSR count). The smallest absolute Gasteiger partial charge is 0.163 e. The number of hydrogen-bond donors (Lipinski definition) is 0. The second-order valence-corrected chi connectivity index (χ2v) is 3.58. The van der Waals surface area contributed by atoms with Crippen molar-refractivity contribution in [2.24, 2.45) is 0 Å². The summed E-state index contributed by atoms with van der Waals surface area (Å²) in [5, 5.41) is 0. The van der Waals surface area contributed by atoms with Gasteiger partial charge < -0.3 is 0 Å². The molecular formula is C13H14O2. The van der Waals surface area contributed by atoms with Crippen molar-refractivity contribution in [1.29, 1.82) is 0 Å². The molecule has 2 heteroatoms. The van der Waals surface area contributed by atoms with Gasteiger partial charge in [-0.15, -0.1) is 0 Å². The summed E-state index contributed by atoms with van der Waals surface area (Å²) in [6, 6.07) is 7.68. The van der Waals surface area contributed by atoms with E-state index in [1.807, 2.05) is 31.2 Å². The lowest BCUT2D eigenvalue weighted by Gasteiger charge is -1.99. The quantitative estimate of drug-likeness (QED) is 0.429. The van der Waals surface area contributed by atoms with Crippen LogP contribution in [-0.4, -0.2) is 11.6 Å². The lowest BCUT2D eigenvalue weighted by molar-refractivity contribution is -0.119. The molecule has 0 spiro atoms. The largest absolute Gasteiger partial charge is 0.294 e. The molecule has 15 heavy (non-hydrogen) atoms. The molecule has 0 saturated heterocycles. The number of carbonyl (C=O) groups excluding carboxylic acids is 2. The Bertz CT molecular complexity index is 395. The zero-order chi connectivity index (χ0) is 11.4. The molecule has 78 valence electrons. The predicted octanol–water partition coefficient (Wildman–Crippen LogP) is 2.56. The van der Waals surface area contributed by atoms with Crippen LogP contribution in [0.4, 0.5) is 0 Å². The Hall–Kier alpha value is -1.70. The van der Waals surface area contributed by atoms with Gasteiger partial charge >= 0.3 is 0 Å². The Morgan fingerprint density at radius 3 is 1.87 bits per heavy atom. The molecule has 0 unspecified atom stereocenters. The fourth-order valence-corrected chi connectivity index (χ4v) is 1.28. The van der Waals surface area contributed by atoms with Crippen molar-refractivity contribution >= 4 is 17.6 Å². The Kier molecular flexibility index (Phi) is 3.56. The van der Waals surface area contributed by atoms with E-state index < -0.39 is 0 Å². The van der Waals surface area contributed by atoms with E-state index in [0.29, 0.717) is 0 Å². The molecule has 0 aliphatic rings. The molecule has 0 aliphatic carbocycles. The van der Waals surface area contributed by atoms with Gasteiger partial charge in [-0.3, -0.25) is 9.59 Å². The van der Waals surface area contributed by atoms with E-state index in [9.17, 15) is 9.59 Å². The summed E-state index contributed by atoms with van der Waals surface area (Å²) in [5.74, 6) is -0.383. The Morgan fingerprint density at radius 2 is 1.47 bits per heavy atom. The standard InChI is InChI=1S/C13H14O2/c1-9-4-6-12(7-5-9)8-13(10(2)14)11(3)15/h4-8H,1-3H3. The Labute approximate surface area is 89.6 Å². The molecule has 1 aromatic rings. The van der Waals surface area contributed by atoms with Crippen molar-refractivity contribution in [2.75, 3.05) is 0 Å². The minimum atomic E-state index is -0.192. The topological polar surface area (TPSA) is 34.1 Å². The second kappa shape index (κ2) is 4.69. The van der Waals surface area contributed by atoms with Gasteiger partial charge in [-0.05, 0) is 32.4 Å².